The molecule has 30 heavy (non-hydrogen) atoms. The summed E-state index contributed by atoms with van der Waals surface area (Å²) in [6.45, 7) is 2.17. The Morgan fingerprint density at radius 2 is 2.13 bits per heavy atom. The third-order valence-electron chi connectivity index (χ3n) is 5.97. The molecule has 1 aliphatic rings. The number of piperidine rings is 1. The Balaban J connectivity index is 1.49. The Bertz CT molecular complexity index is 1040. The standard InChI is InChI=1S/C23H27FN4O2/c1-30-11-7-21-22-17(4-8-26-21)19(14-27-22)23(29)28-9-5-16(6-10-28)18-12-15(13-25)2-3-20(18)24/h2-4,8,12,14,16,27H,5-7,9-11,13,25H2,1H3. The van der Waals surface area contributed by atoms with Crippen molar-refractivity contribution in [2.24, 2.45) is 5.73 Å². The number of hydrogen-bond acceptors (Lipinski definition) is 4. The number of ether oxygens (including phenoxy) is 1. The summed E-state index contributed by atoms with van der Waals surface area (Å²) in [6, 6.07) is 6.96. The molecule has 0 aliphatic carbocycles. The first-order chi connectivity index (χ1) is 14.6. The summed E-state index contributed by atoms with van der Waals surface area (Å²) in [7, 11) is 1.66. The highest BCUT2D eigenvalue weighted by Crippen LogP contribution is 2.32. The monoisotopic (exact) mass is 410 g/mol. The van der Waals surface area contributed by atoms with Crippen molar-refractivity contribution in [3.05, 3.63) is 64.9 Å². The van der Waals surface area contributed by atoms with Crippen LogP contribution in [0.5, 0.6) is 0 Å². The van der Waals surface area contributed by atoms with E-state index in [9.17, 15) is 9.18 Å². The Kier molecular flexibility index (Phi) is 6.11. The van der Waals surface area contributed by atoms with E-state index < -0.39 is 0 Å². The van der Waals surface area contributed by atoms with Crippen LogP contribution in [0.15, 0.2) is 36.7 Å². The third-order valence-corrected chi connectivity index (χ3v) is 5.97. The van der Waals surface area contributed by atoms with E-state index in [0.29, 0.717) is 43.8 Å². The van der Waals surface area contributed by atoms with Gasteiger partial charge in [-0.1, -0.05) is 12.1 Å². The minimum absolute atomic E-state index is 0.000211. The quantitative estimate of drug-likeness (QED) is 0.653. The van der Waals surface area contributed by atoms with Gasteiger partial charge in [-0.3, -0.25) is 9.78 Å². The first kappa shape index (κ1) is 20.5. The summed E-state index contributed by atoms with van der Waals surface area (Å²) < 4.78 is 19.5. The van der Waals surface area contributed by atoms with Crippen molar-refractivity contribution in [2.45, 2.75) is 31.7 Å². The molecule has 3 heterocycles. The van der Waals surface area contributed by atoms with Crippen LogP contribution in [0, 0.1) is 5.82 Å². The number of rotatable bonds is 6. The van der Waals surface area contributed by atoms with Gasteiger partial charge in [-0.15, -0.1) is 0 Å². The molecular formula is C23H27FN4O2. The smallest absolute Gasteiger partial charge is 0.256 e. The van der Waals surface area contributed by atoms with Gasteiger partial charge in [0.1, 0.15) is 5.82 Å². The van der Waals surface area contributed by atoms with Gasteiger partial charge in [0.15, 0.2) is 0 Å². The van der Waals surface area contributed by atoms with Crippen molar-refractivity contribution in [1.29, 1.82) is 0 Å². The third kappa shape index (κ3) is 3.95. The van der Waals surface area contributed by atoms with Crippen LogP contribution in [0.1, 0.15) is 45.9 Å². The van der Waals surface area contributed by atoms with Crippen LogP contribution < -0.4 is 5.73 Å². The lowest BCUT2D eigenvalue weighted by molar-refractivity contribution is 0.0714. The van der Waals surface area contributed by atoms with Crippen molar-refractivity contribution in [3.8, 4) is 0 Å². The number of carbonyl (C=O) groups excluding carboxylic acids is 1. The number of nitrogens with one attached hydrogen (secondary N) is 1. The van der Waals surface area contributed by atoms with Gasteiger partial charge in [0.25, 0.3) is 5.91 Å². The fourth-order valence-electron chi connectivity index (χ4n) is 4.27. The molecule has 3 N–H and O–H groups in total. The number of carbonyl (C=O) groups is 1. The summed E-state index contributed by atoms with van der Waals surface area (Å²) in [5.74, 6) is -0.0853. The van der Waals surface area contributed by atoms with Crippen molar-refractivity contribution < 1.29 is 13.9 Å². The molecular weight excluding hydrogens is 383 g/mol. The summed E-state index contributed by atoms with van der Waals surface area (Å²) in [6.07, 6.45) is 5.65. The molecule has 158 valence electrons. The average molecular weight is 410 g/mol. The maximum atomic E-state index is 14.3. The molecule has 6 nitrogen and oxygen atoms in total. The number of fused-ring (bicyclic) bond motifs is 1. The number of H-pyrrole nitrogens is 1. The lowest BCUT2D eigenvalue weighted by Gasteiger charge is -2.32. The van der Waals surface area contributed by atoms with Crippen molar-refractivity contribution in [1.82, 2.24) is 14.9 Å². The zero-order valence-electron chi connectivity index (χ0n) is 17.2. The molecule has 1 saturated heterocycles. The van der Waals surface area contributed by atoms with E-state index in [4.69, 9.17) is 10.5 Å². The second-order valence-electron chi connectivity index (χ2n) is 7.75. The van der Waals surface area contributed by atoms with Crippen LogP contribution in [-0.2, 0) is 17.7 Å². The number of likely N-dealkylation sites (tertiary alicyclic amines) is 1. The zero-order valence-corrected chi connectivity index (χ0v) is 17.2. The molecule has 1 amide bonds. The predicted molar refractivity (Wildman–Crippen MR) is 114 cm³/mol. The van der Waals surface area contributed by atoms with Crippen molar-refractivity contribution in [2.75, 3.05) is 26.8 Å². The molecule has 0 atom stereocenters. The summed E-state index contributed by atoms with van der Waals surface area (Å²) >= 11 is 0. The van der Waals surface area contributed by atoms with Gasteiger partial charge in [-0.05, 0) is 42.0 Å². The van der Waals surface area contributed by atoms with Gasteiger partial charge in [0.05, 0.1) is 23.4 Å². The van der Waals surface area contributed by atoms with Crippen molar-refractivity contribution >= 4 is 16.8 Å². The fraction of sp³-hybridized carbons (Fsp3) is 0.391. The van der Waals surface area contributed by atoms with Crippen LogP contribution in [0.4, 0.5) is 4.39 Å². The lowest BCUT2D eigenvalue weighted by Crippen LogP contribution is -2.38. The number of nitrogens with zero attached hydrogens (tertiary/aromatic N) is 2. The second kappa shape index (κ2) is 8.93. The molecule has 0 radical (unpaired) electrons. The molecule has 1 aliphatic heterocycles. The second-order valence-corrected chi connectivity index (χ2v) is 7.75. The Hall–Kier alpha value is -2.77. The average Bonchev–Trinajstić information content (AvgIpc) is 3.22. The van der Waals surface area contributed by atoms with Gasteiger partial charge in [0, 0.05) is 50.9 Å². The lowest BCUT2D eigenvalue weighted by atomic mass is 9.88. The number of aromatic nitrogens is 2. The van der Waals surface area contributed by atoms with E-state index in [-0.39, 0.29) is 17.6 Å². The van der Waals surface area contributed by atoms with Gasteiger partial charge < -0.3 is 20.4 Å². The van der Waals surface area contributed by atoms with Crippen molar-refractivity contribution in [3.63, 3.8) is 0 Å². The van der Waals surface area contributed by atoms with E-state index in [0.717, 1.165) is 35.0 Å². The molecule has 7 heteroatoms. The van der Waals surface area contributed by atoms with E-state index in [1.54, 1.807) is 25.6 Å². The maximum Gasteiger partial charge on any atom is 0.256 e. The number of pyridine rings is 1. The topological polar surface area (TPSA) is 84.2 Å². The molecule has 1 aromatic carbocycles. The Labute approximate surface area is 175 Å². The van der Waals surface area contributed by atoms with E-state index >= 15 is 0 Å². The normalized spacial score (nSPS) is 15.1. The maximum absolute atomic E-state index is 14.3. The van der Waals surface area contributed by atoms with Gasteiger partial charge in [-0.25, -0.2) is 4.39 Å². The molecule has 0 bridgehead atoms. The predicted octanol–water partition coefficient (Wildman–Crippen LogP) is 3.37. The number of halogens is 1. The largest absolute Gasteiger partial charge is 0.384 e. The van der Waals surface area contributed by atoms with E-state index in [2.05, 4.69) is 9.97 Å². The number of benzene rings is 1. The van der Waals surface area contributed by atoms with E-state index in [1.807, 2.05) is 17.0 Å². The first-order valence-electron chi connectivity index (χ1n) is 10.3. The molecule has 2 aromatic heterocycles. The Morgan fingerprint density at radius 1 is 1.33 bits per heavy atom. The fourth-order valence-corrected chi connectivity index (χ4v) is 4.27. The molecule has 0 spiro atoms. The van der Waals surface area contributed by atoms with Crippen LogP contribution in [0.2, 0.25) is 0 Å². The molecule has 0 saturated carbocycles. The summed E-state index contributed by atoms with van der Waals surface area (Å²) in [4.78, 5) is 22.7. The van der Waals surface area contributed by atoms with Crippen LogP contribution in [0.3, 0.4) is 0 Å². The highest BCUT2D eigenvalue weighted by atomic mass is 19.1. The van der Waals surface area contributed by atoms with Crippen LogP contribution >= 0.6 is 0 Å². The van der Waals surface area contributed by atoms with Gasteiger partial charge in [0.2, 0.25) is 0 Å². The van der Waals surface area contributed by atoms with Crippen LogP contribution in [-0.4, -0.2) is 47.6 Å². The highest BCUT2D eigenvalue weighted by Gasteiger charge is 2.27. The van der Waals surface area contributed by atoms with Gasteiger partial charge in [-0.2, -0.15) is 0 Å². The van der Waals surface area contributed by atoms with Crippen LogP contribution in [0.25, 0.3) is 10.9 Å². The molecule has 1 fully saturated rings. The summed E-state index contributed by atoms with van der Waals surface area (Å²) in [5.41, 5.74) is 9.78. The minimum Gasteiger partial charge on any atom is -0.384 e. The van der Waals surface area contributed by atoms with Gasteiger partial charge >= 0.3 is 0 Å². The number of methoxy groups -OCH3 is 1. The zero-order chi connectivity index (χ0) is 21.1. The molecule has 3 aromatic rings. The number of amides is 1. The highest BCUT2D eigenvalue weighted by molar-refractivity contribution is 6.07. The first-order valence-corrected chi connectivity index (χ1v) is 10.3. The SMILES string of the molecule is COCCc1nccc2c(C(=O)N3CCC(c4cc(CN)ccc4F)CC3)c[nH]c12. The minimum atomic E-state index is -0.190. The molecule has 0 unspecified atom stereocenters. The number of hydrogen-bond donors (Lipinski definition) is 2. The number of aromatic amines is 1. The Morgan fingerprint density at radius 3 is 2.87 bits per heavy atom. The number of nitrogens with two attached hydrogens (primary N) is 1. The van der Waals surface area contributed by atoms with E-state index in [1.165, 1.54) is 6.07 Å². The summed E-state index contributed by atoms with van der Waals surface area (Å²) in [5, 5.41) is 0.880. The molecule has 4 rings (SSSR count).